The van der Waals surface area contributed by atoms with E-state index in [2.05, 4.69) is 41.2 Å². The number of hydrogen-bond acceptors (Lipinski definition) is 5. The molecule has 26 heavy (non-hydrogen) atoms. The van der Waals surface area contributed by atoms with Crippen LogP contribution in [-0.2, 0) is 6.54 Å². The van der Waals surface area contributed by atoms with Crippen LogP contribution in [0.5, 0.6) is 0 Å². The van der Waals surface area contributed by atoms with Crippen LogP contribution in [0.4, 0.5) is 0 Å². The maximum atomic E-state index is 11.9. The third kappa shape index (κ3) is 3.01. The first-order valence-corrected chi connectivity index (χ1v) is 8.49. The van der Waals surface area contributed by atoms with Gasteiger partial charge in [0.1, 0.15) is 6.54 Å². The van der Waals surface area contributed by atoms with Crippen LogP contribution in [0.15, 0.2) is 64.0 Å². The minimum absolute atomic E-state index is 0.103. The molecule has 6 nitrogen and oxygen atoms in total. The predicted molar refractivity (Wildman–Crippen MR) is 98.9 cm³/mol. The highest BCUT2D eigenvalue weighted by Gasteiger charge is 2.11. The van der Waals surface area contributed by atoms with E-state index in [0.717, 1.165) is 11.1 Å². The molecule has 0 spiro atoms. The molecule has 0 amide bonds. The fourth-order valence-corrected chi connectivity index (χ4v) is 2.87. The zero-order valence-corrected chi connectivity index (χ0v) is 14.6. The molecule has 2 aromatic heterocycles. The summed E-state index contributed by atoms with van der Waals surface area (Å²) in [5.41, 5.74) is 2.80. The highest BCUT2D eigenvalue weighted by Crippen LogP contribution is 2.21. The number of fused-ring (bicyclic) bond motifs is 1. The lowest BCUT2D eigenvalue weighted by Gasteiger charge is -2.06. The largest absolute Gasteiger partial charge is 0.337 e. The monoisotopic (exact) mass is 346 g/mol. The normalized spacial score (nSPS) is 11.3. The lowest BCUT2D eigenvalue weighted by atomic mass is 10.0. The van der Waals surface area contributed by atoms with Crippen molar-refractivity contribution in [3.05, 3.63) is 76.4 Å². The fourth-order valence-electron chi connectivity index (χ4n) is 2.87. The summed E-state index contributed by atoms with van der Waals surface area (Å²) in [4.78, 5) is 16.4. The van der Waals surface area contributed by atoms with E-state index >= 15 is 0 Å². The Morgan fingerprint density at radius 3 is 2.62 bits per heavy atom. The van der Waals surface area contributed by atoms with Crippen LogP contribution in [-0.4, -0.2) is 19.9 Å². The van der Waals surface area contributed by atoms with Crippen molar-refractivity contribution in [3.63, 3.8) is 0 Å². The molecular weight excluding hydrogens is 328 g/mol. The van der Waals surface area contributed by atoms with Gasteiger partial charge in [-0.2, -0.15) is 10.1 Å². The highest BCUT2D eigenvalue weighted by molar-refractivity contribution is 5.77. The zero-order valence-electron chi connectivity index (χ0n) is 14.6. The van der Waals surface area contributed by atoms with Crippen molar-refractivity contribution in [1.82, 2.24) is 19.9 Å². The van der Waals surface area contributed by atoms with Crippen molar-refractivity contribution in [3.8, 4) is 11.4 Å². The second kappa shape index (κ2) is 6.55. The van der Waals surface area contributed by atoms with Crippen LogP contribution >= 0.6 is 0 Å². The number of rotatable bonds is 4. The molecule has 4 aromatic rings. The van der Waals surface area contributed by atoms with Gasteiger partial charge < -0.3 is 4.52 Å². The number of hydrogen-bond donors (Lipinski definition) is 0. The zero-order chi connectivity index (χ0) is 18.1. The van der Waals surface area contributed by atoms with Crippen LogP contribution in [0, 0.1) is 0 Å². The fraction of sp³-hybridized carbons (Fsp3) is 0.200. The number of para-hydroxylation sites is 1. The minimum atomic E-state index is -0.103. The molecule has 0 N–H and O–H groups in total. The molecule has 0 atom stereocenters. The maximum absolute atomic E-state index is 11.9. The molecule has 130 valence electrons. The van der Waals surface area contributed by atoms with E-state index in [4.69, 9.17) is 4.52 Å². The predicted octanol–water partition coefficient (Wildman–Crippen LogP) is 3.62. The van der Waals surface area contributed by atoms with Gasteiger partial charge >= 0.3 is 0 Å². The van der Waals surface area contributed by atoms with Gasteiger partial charge in [-0.1, -0.05) is 55.4 Å². The van der Waals surface area contributed by atoms with E-state index in [0.29, 0.717) is 29.6 Å². The van der Waals surface area contributed by atoms with Crippen molar-refractivity contribution in [2.75, 3.05) is 0 Å². The van der Waals surface area contributed by atoms with E-state index in [1.165, 1.54) is 11.8 Å². The summed E-state index contributed by atoms with van der Waals surface area (Å²) >= 11 is 0. The van der Waals surface area contributed by atoms with Crippen molar-refractivity contribution in [2.24, 2.45) is 0 Å². The van der Waals surface area contributed by atoms with Crippen LogP contribution in [0.3, 0.4) is 0 Å². The summed E-state index contributed by atoms with van der Waals surface area (Å²) in [7, 11) is 0. The second-order valence-corrected chi connectivity index (χ2v) is 6.47. The van der Waals surface area contributed by atoms with Gasteiger partial charge in [-0.15, -0.1) is 0 Å². The SMILES string of the molecule is CC(C)c1ccc(-c2noc(Cn3ncc(=O)c4ccccc43)n2)cc1. The molecule has 0 unspecified atom stereocenters. The Bertz CT molecular complexity index is 1110. The summed E-state index contributed by atoms with van der Waals surface area (Å²) in [5, 5.41) is 8.87. The Morgan fingerprint density at radius 2 is 1.85 bits per heavy atom. The van der Waals surface area contributed by atoms with E-state index in [-0.39, 0.29) is 5.43 Å². The molecule has 0 aliphatic heterocycles. The molecule has 0 fully saturated rings. The van der Waals surface area contributed by atoms with E-state index in [1.807, 2.05) is 30.3 Å². The molecule has 0 saturated carbocycles. The summed E-state index contributed by atoms with van der Waals surface area (Å²) < 4.78 is 7.07. The van der Waals surface area contributed by atoms with Gasteiger partial charge in [0, 0.05) is 10.9 Å². The molecule has 2 heterocycles. The quantitative estimate of drug-likeness (QED) is 0.564. The van der Waals surface area contributed by atoms with Crippen molar-refractivity contribution in [1.29, 1.82) is 0 Å². The third-order valence-electron chi connectivity index (χ3n) is 4.35. The Kier molecular flexibility index (Phi) is 4.08. The van der Waals surface area contributed by atoms with Crippen LogP contribution in [0.2, 0.25) is 0 Å². The lowest BCUT2D eigenvalue weighted by Crippen LogP contribution is -2.13. The maximum Gasteiger partial charge on any atom is 0.248 e. The first-order valence-electron chi connectivity index (χ1n) is 8.49. The average Bonchev–Trinajstić information content (AvgIpc) is 3.13. The molecule has 2 aromatic carbocycles. The summed E-state index contributed by atoms with van der Waals surface area (Å²) in [6.45, 7) is 4.62. The average molecular weight is 346 g/mol. The highest BCUT2D eigenvalue weighted by atomic mass is 16.5. The second-order valence-electron chi connectivity index (χ2n) is 6.47. The van der Waals surface area contributed by atoms with Crippen LogP contribution < -0.4 is 5.43 Å². The van der Waals surface area contributed by atoms with Gasteiger partial charge in [-0.25, -0.2) is 0 Å². The third-order valence-corrected chi connectivity index (χ3v) is 4.35. The Hall–Kier alpha value is -3.28. The first kappa shape index (κ1) is 16.2. The van der Waals surface area contributed by atoms with Gasteiger partial charge in [-0.05, 0) is 23.6 Å². The smallest absolute Gasteiger partial charge is 0.248 e. The molecule has 0 aliphatic rings. The van der Waals surface area contributed by atoms with E-state index in [9.17, 15) is 4.79 Å². The van der Waals surface area contributed by atoms with E-state index in [1.54, 1.807) is 10.7 Å². The summed E-state index contributed by atoms with van der Waals surface area (Å²) in [5.74, 6) is 1.46. The van der Waals surface area contributed by atoms with Gasteiger partial charge in [-0.3, -0.25) is 9.48 Å². The summed E-state index contributed by atoms with van der Waals surface area (Å²) in [6, 6.07) is 15.5. The van der Waals surface area contributed by atoms with E-state index < -0.39 is 0 Å². The van der Waals surface area contributed by atoms with Crippen LogP contribution in [0.25, 0.3) is 22.3 Å². The molecule has 0 saturated heterocycles. The standard InChI is InChI=1S/C20H18N4O2/c1-13(2)14-7-9-15(10-8-14)20-22-19(26-23-20)12-24-17-6-4-3-5-16(17)18(25)11-21-24/h3-11,13H,12H2,1-2H3. The topological polar surface area (TPSA) is 73.8 Å². The summed E-state index contributed by atoms with van der Waals surface area (Å²) in [6.07, 6.45) is 1.31. The Morgan fingerprint density at radius 1 is 1.08 bits per heavy atom. The number of nitrogens with zero attached hydrogens (tertiary/aromatic N) is 4. The molecule has 4 rings (SSSR count). The first-order chi connectivity index (χ1) is 12.6. The number of aromatic nitrogens is 4. The Balaban J connectivity index is 1.63. The number of benzene rings is 2. The van der Waals surface area contributed by atoms with Gasteiger partial charge in [0.05, 0.1) is 11.7 Å². The molecule has 6 heteroatoms. The van der Waals surface area contributed by atoms with Crippen molar-refractivity contribution >= 4 is 10.9 Å². The Labute approximate surface area is 150 Å². The van der Waals surface area contributed by atoms with Crippen LogP contribution in [0.1, 0.15) is 31.2 Å². The minimum Gasteiger partial charge on any atom is -0.337 e. The van der Waals surface area contributed by atoms with Crippen molar-refractivity contribution < 1.29 is 4.52 Å². The molecule has 0 bridgehead atoms. The van der Waals surface area contributed by atoms with Crippen molar-refractivity contribution in [2.45, 2.75) is 26.3 Å². The van der Waals surface area contributed by atoms with Gasteiger partial charge in [0.25, 0.3) is 0 Å². The lowest BCUT2D eigenvalue weighted by molar-refractivity contribution is 0.367. The molecule has 0 aliphatic carbocycles. The molecule has 0 radical (unpaired) electrons. The van der Waals surface area contributed by atoms with Gasteiger partial charge in [0.15, 0.2) is 0 Å². The molecular formula is C20H18N4O2. The van der Waals surface area contributed by atoms with Gasteiger partial charge in [0.2, 0.25) is 17.1 Å².